The van der Waals surface area contributed by atoms with E-state index < -0.39 is 11.5 Å². The second kappa shape index (κ2) is 3.13. The Morgan fingerprint density at radius 2 is 2.08 bits per heavy atom. The van der Waals surface area contributed by atoms with Crippen LogP contribution in [-0.2, 0) is 0 Å². The van der Waals surface area contributed by atoms with Crippen LogP contribution in [0.25, 0.3) is 0 Å². The Hall–Kier alpha value is -0.860. The molecule has 0 radical (unpaired) electrons. The van der Waals surface area contributed by atoms with Gasteiger partial charge in [-0.3, -0.25) is 4.79 Å². The van der Waals surface area contributed by atoms with Crippen LogP contribution in [0.3, 0.4) is 0 Å². The number of hydrogen-bond acceptors (Lipinski definition) is 2. The lowest BCUT2D eigenvalue weighted by atomic mass is 9.88. The molecule has 0 unspecified atom stereocenters. The molecule has 0 saturated carbocycles. The van der Waals surface area contributed by atoms with Crippen LogP contribution in [0.15, 0.2) is 24.3 Å². The van der Waals surface area contributed by atoms with Crippen molar-refractivity contribution in [3.63, 3.8) is 0 Å². The molecule has 0 heterocycles. The highest BCUT2D eigenvalue weighted by Crippen LogP contribution is 2.31. The molecule has 2 rings (SSSR count). The number of Topliss-reactive ketones (excluding diaryl/α,β-unsaturated/α-hetero) is 1. The summed E-state index contributed by atoms with van der Waals surface area (Å²) in [6, 6.07) is 7.05. The highest BCUT2D eigenvalue weighted by atomic mass is 35.5. The monoisotopic (exact) mass is 196 g/mol. The van der Waals surface area contributed by atoms with E-state index in [0.717, 1.165) is 0 Å². The third-order valence-electron chi connectivity index (χ3n) is 2.30. The van der Waals surface area contributed by atoms with Crippen LogP contribution in [0.1, 0.15) is 28.4 Å². The van der Waals surface area contributed by atoms with Crippen molar-refractivity contribution in [3.05, 3.63) is 35.4 Å². The van der Waals surface area contributed by atoms with E-state index in [1.54, 1.807) is 18.2 Å². The van der Waals surface area contributed by atoms with E-state index in [4.69, 9.17) is 11.6 Å². The third kappa shape index (κ3) is 1.36. The summed E-state index contributed by atoms with van der Waals surface area (Å²) >= 11 is 5.78. The van der Waals surface area contributed by atoms with E-state index in [0.29, 0.717) is 17.5 Å². The van der Waals surface area contributed by atoms with Crippen molar-refractivity contribution in [2.45, 2.75) is 17.9 Å². The fourth-order valence-corrected chi connectivity index (χ4v) is 1.90. The van der Waals surface area contributed by atoms with Crippen LogP contribution in [0.4, 0.5) is 0 Å². The molecule has 0 fully saturated rings. The first-order chi connectivity index (χ1) is 6.20. The van der Waals surface area contributed by atoms with Gasteiger partial charge in [0.2, 0.25) is 0 Å². The first-order valence-corrected chi connectivity index (χ1v) is 4.59. The molecular weight excluding hydrogens is 188 g/mol. The van der Waals surface area contributed by atoms with Crippen LogP contribution in [-0.4, -0.2) is 16.3 Å². The minimum atomic E-state index is -0.601. The van der Waals surface area contributed by atoms with Crippen LogP contribution < -0.4 is 0 Å². The molecule has 1 aliphatic carbocycles. The molecule has 13 heavy (non-hydrogen) atoms. The number of aliphatic hydroxyl groups is 1. The largest absolute Gasteiger partial charge is 0.388 e. The summed E-state index contributed by atoms with van der Waals surface area (Å²) in [6.07, 6.45) is -0.284. The number of alkyl halides is 1. The number of carbonyl (C=O) groups excluding carboxylic acids is 1. The molecule has 1 aliphatic rings. The molecule has 0 amide bonds. The highest BCUT2D eigenvalue weighted by molar-refractivity contribution is 6.34. The van der Waals surface area contributed by atoms with Gasteiger partial charge in [-0.2, -0.15) is 0 Å². The lowest BCUT2D eigenvalue weighted by Gasteiger charge is -2.23. The minimum absolute atomic E-state index is 0.0810. The molecule has 0 spiro atoms. The number of halogens is 1. The lowest BCUT2D eigenvalue weighted by molar-refractivity contribution is 0.0904. The van der Waals surface area contributed by atoms with E-state index in [1.807, 2.05) is 6.07 Å². The fourth-order valence-electron chi connectivity index (χ4n) is 1.61. The molecule has 3 heteroatoms. The van der Waals surface area contributed by atoms with Crippen LogP contribution >= 0.6 is 11.6 Å². The Balaban J connectivity index is 2.54. The van der Waals surface area contributed by atoms with E-state index >= 15 is 0 Å². The Bertz CT molecular complexity index is 349. The second-order valence-corrected chi connectivity index (χ2v) is 3.70. The third-order valence-corrected chi connectivity index (χ3v) is 2.68. The van der Waals surface area contributed by atoms with Crippen LogP contribution in [0, 0.1) is 0 Å². The van der Waals surface area contributed by atoms with Crippen LogP contribution in [0.2, 0.25) is 0 Å². The summed E-state index contributed by atoms with van der Waals surface area (Å²) in [4.78, 5) is 11.5. The summed E-state index contributed by atoms with van der Waals surface area (Å²) in [6.45, 7) is 0. The van der Waals surface area contributed by atoms with Gasteiger partial charge in [0.05, 0.1) is 11.5 Å². The normalized spacial score (nSPS) is 27.1. The number of ketones is 1. The number of rotatable bonds is 0. The first-order valence-electron chi connectivity index (χ1n) is 4.15. The molecule has 1 aromatic rings. The Morgan fingerprint density at radius 3 is 2.85 bits per heavy atom. The Labute approximate surface area is 81.1 Å². The minimum Gasteiger partial charge on any atom is -0.388 e. The maximum Gasteiger partial charge on any atom is 0.181 e. The predicted molar refractivity (Wildman–Crippen MR) is 50.0 cm³/mol. The number of carbonyl (C=O) groups is 1. The zero-order chi connectivity index (χ0) is 9.42. The summed E-state index contributed by atoms with van der Waals surface area (Å²) < 4.78 is 0. The molecule has 0 bridgehead atoms. The number of hydrogen-bond donors (Lipinski definition) is 1. The van der Waals surface area contributed by atoms with Gasteiger partial charge in [-0.05, 0) is 5.56 Å². The smallest absolute Gasteiger partial charge is 0.181 e. The van der Waals surface area contributed by atoms with Crippen LogP contribution in [0.5, 0.6) is 0 Å². The number of benzene rings is 1. The van der Waals surface area contributed by atoms with Crippen molar-refractivity contribution in [1.29, 1.82) is 0 Å². The maximum absolute atomic E-state index is 11.5. The van der Waals surface area contributed by atoms with Gasteiger partial charge >= 0.3 is 0 Å². The zero-order valence-electron chi connectivity index (χ0n) is 6.90. The number of aliphatic hydroxyl groups excluding tert-OH is 1. The summed E-state index contributed by atoms with van der Waals surface area (Å²) in [5, 5.41) is 9.03. The van der Waals surface area contributed by atoms with Gasteiger partial charge in [-0.1, -0.05) is 24.3 Å². The number of fused-ring (bicyclic) bond motifs is 1. The van der Waals surface area contributed by atoms with Gasteiger partial charge in [-0.15, -0.1) is 11.6 Å². The predicted octanol–water partition coefficient (Wildman–Crippen LogP) is 1.91. The molecule has 2 nitrogen and oxygen atoms in total. The first kappa shape index (κ1) is 8.73. The Kier molecular flexibility index (Phi) is 2.10. The van der Waals surface area contributed by atoms with Gasteiger partial charge in [0.25, 0.3) is 0 Å². The molecular formula is C10H9ClO2. The Morgan fingerprint density at radius 1 is 1.38 bits per heavy atom. The average Bonchev–Trinajstić information content (AvgIpc) is 2.15. The molecule has 1 N–H and O–H groups in total. The standard InChI is InChI=1S/C10H9ClO2/c11-8-5-9(12)6-3-1-2-4-7(6)10(8)13/h1-4,8-9,12H,5H2/t8-,9-/m0/s1. The quantitative estimate of drug-likeness (QED) is 0.644. The van der Waals surface area contributed by atoms with Crippen molar-refractivity contribution in [2.24, 2.45) is 0 Å². The van der Waals surface area contributed by atoms with Gasteiger partial charge < -0.3 is 5.11 Å². The van der Waals surface area contributed by atoms with Crippen molar-refractivity contribution in [3.8, 4) is 0 Å². The highest BCUT2D eigenvalue weighted by Gasteiger charge is 2.30. The summed E-state index contributed by atoms with van der Waals surface area (Å²) in [5.74, 6) is -0.0810. The fraction of sp³-hybridized carbons (Fsp3) is 0.300. The van der Waals surface area contributed by atoms with Gasteiger partial charge in [0.15, 0.2) is 5.78 Å². The molecule has 0 saturated heterocycles. The lowest BCUT2D eigenvalue weighted by Crippen LogP contribution is -2.25. The summed E-state index contributed by atoms with van der Waals surface area (Å²) in [5.41, 5.74) is 1.26. The second-order valence-electron chi connectivity index (χ2n) is 3.17. The zero-order valence-corrected chi connectivity index (χ0v) is 7.66. The molecule has 1 aromatic carbocycles. The molecule has 68 valence electrons. The van der Waals surface area contributed by atoms with E-state index in [-0.39, 0.29) is 5.78 Å². The van der Waals surface area contributed by atoms with E-state index in [2.05, 4.69) is 0 Å². The topological polar surface area (TPSA) is 37.3 Å². The SMILES string of the molecule is O=C1c2ccccc2[C@@H](O)C[C@@H]1Cl. The molecule has 0 aliphatic heterocycles. The van der Waals surface area contributed by atoms with Crippen molar-refractivity contribution in [2.75, 3.05) is 0 Å². The van der Waals surface area contributed by atoms with Crippen molar-refractivity contribution < 1.29 is 9.90 Å². The van der Waals surface area contributed by atoms with Gasteiger partial charge in [0, 0.05) is 12.0 Å². The van der Waals surface area contributed by atoms with E-state index in [9.17, 15) is 9.90 Å². The van der Waals surface area contributed by atoms with E-state index in [1.165, 1.54) is 0 Å². The molecule has 0 aromatic heterocycles. The van der Waals surface area contributed by atoms with Gasteiger partial charge in [0.1, 0.15) is 0 Å². The van der Waals surface area contributed by atoms with Crippen molar-refractivity contribution in [1.82, 2.24) is 0 Å². The summed E-state index contributed by atoms with van der Waals surface area (Å²) in [7, 11) is 0. The van der Waals surface area contributed by atoms with Gasteiger partial charge in [-0.25, -0.2) is 0 Å². The molecule has 2 atom stereocenters. The maximum atomic E-state index is 11.5. The average molecular weight is 197 g/mol. The van der Waals surface area contributed by atoms with Crippen molar-refractivity contribution >= 4 is 17.4 Å².